The highest BCUT2D eigenvalue weighted by Crippen LogP contribution is 2.30. The maximum absolute atomic E-state index is 14.0. The molecule has 0 saturated heterocycles. The Morgan fingerprint density at radius 3 is 2.59 bits per heavy atom. The van der Waals surface area contributed by atoms with Crippen molar-refractivity contribution < 1.29 is 28.2 Å². The Hall–Kier alpha value is -1.95. The van der Waals surface area contributed by atoms with Crippen LogP contribution in [0.5, 0.6) is 5.75 Å². The fourth-order valence-electron chi connectivity index (χ4n) is 2.59. The van der Waals surface area contributed by atoms with Gasteiger partial charge < -0.3 is 14.2 Å². The second kappa shape index (κ2) is 11.3. The third-order valence-corrected chi connectivity index (χ3v) is 5.89. The number of hydrogen-bond donors (Lipinski definition) is 0. The minimum absolute atomic E-state index is 0.0537. The molecule has 0 aliphatic carbocycles. The molecule has 1 aromatic heterocycles. The van der Waals surface area contributed by atoms with Crippen LogP contribution in [0, 0.1) is 15.3 Å². The van der Waals surface area contributed by atoms with E-state index in [1.54, 1.807) is 39.8 Å². The van der Waals surface area contributed by atoms with Gasteiger partial charge in [-0.1, -0.05) is 6.92 Å². The lowest BCUT2D eigenvalue weighted by Crippen LogP contribution is -2.34. The van der Waals surface area contributed by atoms with E-state index in [4.69, 9.17) is 14.2 Å². The van der Waals surface area contributed by atoms with Crippen LogP contribution in [-0.4, -0.2) is 42.9 Å². The fraction of sp³-hybridized carbons (Fsp3) is 0.500. The van der Waals surface area contributed by atoms with E-state index < -0.39 is 23.5 Å². The van der Waals surface area contributed by atoms with Crippen molar-refractivity contribution in [2.45, 2.75) is 46.6 Å². The molecule has 1 heterocycles. The number of benzene rings is 1. The van der Waals surface area contributed by atoms with E-state index in [2.05, 4.69) is 4.98 Å². The van der Waals surface area contributed by atoms with Crippen molar-refractivity contribution in [3.63, 3.8) is 0 Å². The van der Waals surface area contributed by atoms with Gasteiger partial charge in [0.25, 0.3) is 0 Å². The smallest absolute Gasteiger partial charge is 0.416 e. The Labute approximate surface area is 205 Å². The van der Waals surface area contributed by atoms with Gasteiger partial charge in [-0.05, 0) is 80.8 Å². The van der Waals surface area contributed by atoms with Crippen LogP contribution in [-0.2, 0) is 15.9 Å². The van der Waals surface area contributed by atoms with E-state index >= 15 is 0 Å². The largest absolute Gasteiger partial charge is 0.490 e. The lowest BCUT2D eigenvalue weighted by molar-refractivity contribution is 0.0515. The lowest BCUT2D eigenvalue weighted by atomic mass is 10.1. The minimum atomic E-state index is -0.661. The van der Waals surface area contributed by atoms with Crippen molar-refractivity contribution in [1.29, 1.82) is 0 Å². The highest BCUT2D eigenvalue weighted by molar-refractivity contribution is 14.1. The summed E-state index contributed by atoms with van der Waals surface area (Å²) in [5.74, 6) is -0.853. The van der Waals surface area contributed by atoms with E-state index in [0.717, 1.165) is 3.57 Å². The van der Waals surface area contributed by atoms with Crippen LogP contribution in [0.3, 0.4) is 0 Å². The van der Waals surface area contributed by atoms with Gasteiger partial charge in [0, 0.05) is 15.5 Å². The number of amides is 1. The summed E-state index contributed by atoms with van der Waals surface area (Å²) < 4.78 is 30.9. The number of anilines is 1. The molecular formula is C22H28FIN2O5S. The Morgan fingerprint density at radius 1 is 1.31 bits per heavy atom. The first kappa shape index (κ1) is 26.3. The SMILES string of the molecule is CCOC(=O)c1nc(N(C)C(=O)OC(C)(C)C)sc1CC(C)COc1ccc(I)cc1F. The maximum atomic E-state index is 14.0. The number of halogens is 2. The van der Waals surface area contributed by atoms with E-state index in [1.807, 2.05) is 29.5 Å². The van der Waals surface area contributed by atoms with Crippen molar-refractivity contribution in [3.05, 3.63) is 38.2 Å². The summed E-state index contributed by atoms with van der Waals surface area (Å²) in [6.45, 7) is 9.41. The van der Waals surface area contributed by atoms with Crippen LogP contribution in [0.1, 0.15) is 50.0 Å². The van der Waals surface area contributed by atoms with Crippen LogP contribution >= 0.6 is 33.9 Å². The number of thiazole rings is 1. The van der Waals surface area contributed by atoms with Gasteiger partial charge in [-0.3, -0.25) is 4.90 Å². The molecule has 1 unspecified atom stereocenters. The van der Waals surface area contributed by atoms with Gasteiger partial charge in [0.05, 0.1) is 13.2 Å². The predicted octanol–water partition coefficient (Wildman–Crippen LogP) is 5.69. The number of rotatable bonds is 8. The second-order valence-corrected chi connectivity index (χ2v) is 10.5. The normalized spacial score (nSPS) is 12.2. The number of carbonyl (C=O) groups is 2. The third kappa shape index (κ3) is 7.58. The first-order valence-corrected chi connectivity index (χ1v) is 12.0. The molecule has 32 heavy (non-hydrogen) atoms. The Bertz CT molecular complexity index is 960. The molecule has 0 aliphatic rings. The van der Waals surface area contributed by atoms with Gasteiger partial charge in [0.1, 0.15) is 5.60 Å². The van der Waals surface area contributed by atoms with Crippen LogP contribution in [0.2, 0.25) is 0 Å². The van der Waals surface area contributed by atoms with Crippen molar-refractivity contribution in [1.82, 2.24) is 4.98 Å². The Balaban J connectivity index is 2.17. The summed E-state index contributed by atoms with van der Waals surface area (Å²) in [4.78, 5) is 31.1. The molecule has 0 bridgehead atoms. The quantitative estimate of drug-likeness (QED) is 0.296. The molecule has 0 N–H and O–H groups in total. The number of aromatic nitrogens is 1. The van der Waals surface area contributed by atoms with Crippen LogP contribution < -0.4 is 9.64 Å². The monoisotopic (exact) mass is 578 g/mol. The molecule has 2 rings (SSSR count). The van der Waals surface area contributed by atoms with E-state index in [-0.39, 0.29) is 30.6 Å². The van der Waals surface area contributed by atoms with E-state index in [1.165, 1.54) is 29.4 Å². The standard InChI is InChI=1S/C22H28FIN2O5S/c1-7-29-19(27)18-17(32-20(25-18)26(6)21(28)31-22(3,4)5)10-13(2)12-30-16-9-8-14(24)11-15(16)23/h8-9,11,13H,7,10,12H2,1-6H3. The van der Waals surface area contributed by atoms with Crippen molar-refractivity contribution in [3.8, 4) is 5.75 Å². The van der Waals surface area contributed by atoms with Gasteiger partial charge in [-0.15, -0.1) is 11.3 Å². The average Bonchev–Trinajstić information content (AvgIpc) is 3.09. The van der Waals surface area contributed by atoms with Gasteiger partial charge >= 0.3 is 12.1 Å². The third-order valence-electron chi connectivity index (χ3n) is 4.06. The first-order chi connectivity index (χ1) is 14.9. The van der Waals surface area contributed by atoms with E-state index in [0.29, 0.717) is 16.4 Å². The second-order valence-electron chi connectivity index (χ2n) is 8.22. The van der Waals surface area contributed by atoms with Crippen molar-refractivity contribution in [2.75, 3.05) is 25.2 Å². The van der Waals surface area contributed by atoms with E-state index in [9.17, 15) is 14.0 Å². The predicted molar refractivity (Wildman–Crippen MR) is 130 cm³/mol. The molecule has 0 fully saturated rings. The minimum Gasteiger partial charge on any atom is -0.490 e. The number of esters is 1. The van der Waals surface area contributed by atoms with Crippen LogP contribution in [0.25, 0.3) is 0 Å². The number of carbonyl (C=O) groups excluding carboxylic acids is 2. The van der Waals surface area contributed by atoms with Crippen LogP contribution in [0.4, 0.5) is 14.3 Å². The van der Waals surface area contributed by atoms with Crippen molar-refractivity contribution >= 4 is 51.1 Å². The Morgan fingerprint density at radius 2 is 2.00 bits per heavy atom. The van der Waals surface area contributed by atoms with Crippen molar-refractivity contribution in [2.24, 2.45) is 5.92 Å². The van der Waals surface area contributed by atoms with Gasteiger partial charge in [-0.25, -0.2) is 19.0 Å². The Kier molecular flexibility index (Phi) is 9.26. The highest BCUT2D eigenvalue weighted by atomic mass is 127. The first-order valence-electron chi connectivity index (χ1n) is 10.1. The molecule has 10 heteroatoms. The lowest BCUT2D eigenvalue weighted by Gasteiger charge is -2.23. The molecule has 1 aromatic carbocycles. The molecule has 0 radical (unpaired) electrons. The highest BCUT2D eigenvalue weighted by Gasteiger charge is 2.27. The number of hydrogen-bond acceptors (Lipinski definition) is 7. The molecule has 0 aliphatic heterocycles. The number of ether oxygens (including phenoxy) is 3. The summed E-state index contributed by atoms with van der Waals surface area (Å²) >= 11 is 3.25. The number of nitrogens with zero attached hydrogens (tertiary/aromatic N) is 2. The average molecular weight is 578 g/mol. The van der Waals surface area contributed by atoms with Gasteiger partial charge in [0.15, 0.2) is 22.4 Å². The zero-order valence-electron chi connectivity index (χ0n) is 19.0. The fourth-order valence-corrected chi connectivity index (χ4v) is 4.20. The summed E-state index contributed by atoms with van der Waals surface area (Å²) in [6.07, 6.45) is -0.126. The summed E-state index contributed by atoms with van der Waals surface area (Å²) in [6, 6.07) is 4.76. The summed E-state index contributed by atoms with van der Waals surface area (Å²) in [7, 11) is 1.54. The molecule has 1 atom stereocenters. The molecule has 7 nitrogen and oxygen atoms in total. The van der Waals surface area contributed by atoms with Gasteiger partial charge in [-0.2, -0.15) is 0 Å². The molecular weight excluding hydrogens is 550 g/mol. The molecule has 1 amide bonds. The molecule has 176 valence electrons. The van der Waals surface area contributed by atoms with Gasteiger partial charge in [0.2, 0.25) is 0 Å². The zero-order valence-corrected chi connectivity index (χ0v) is 22.0. The zero-order chi connectivity index (χ0) is 24.1. The molecule has 0 spiro atoms. The topological polar surface area (TPSA) is 78.0 Å². The summed E-state index contributed by atoms with van der Waals surface area (Å²) in [5.41, 5.74) is -0.499. The van der Waals surface area contributed by atoms with Crippen LogP contribution in [0.15, 0.2) is 18.2 Å². The maximum Gasteiger partial charge on any atom is 0.416 e. The molecule has 2 aromatic rings. The summed E-state index contributed by atoms with van der Waals surface area (Å²) in [5, 5.41) is 0.328. The molecule has 0 saturated carbocycles.